The summed E-state index contributed by atoms with van der Waals surface area (Å²) in [4.78, 5) is 12.7. The molecular formula is C23H24N2O. The van der Waals surface area contributed by atoms with Crippen LogP contribution in [0, 0.1) is 0 Å². The molecule has 0 unspecified atom stereocenters. The van der Waals surface area contributed by atoms with Crippen LogP contribution in [0.25, 0.3) is 10.8 Å². The van der Waals surface area contributed by atoms with Crippen molar-refractivity contribution in [3.8, 4) is 0 Å². The topological polar surface area (TPSA) is 41.1 Å². The molecule has 0 aromatic heterocycles. The number of carbonyl (C=O) groups is 1. The predicted octanol–water partition coefficient (Wildman–Crippen LogP) is 3.91. The molecule has 3 nitrogen and oxygen atoms in total. The molecule has 1 aliphatic carbocycles. The molecule has 3 aromatic rings. The monoisotopic (exact) mass is 344 g/mol. The van der Waals surface area contributed by atoms with Crippen LogP contribution in [-0.4, -0.2) is 13.0 Å². The van der Waals surface area contributed by atoms with Gasteiger partial charge in [0.2, 0.25) is 5.91 Å². The highest BCUT2D eigenvalue weighted by Crippen LogP contribution is 2.45. The van der Waals surface area contributed by atoms with Crippen molar-refractivity contribution in [2.45, 2.75) is 31.3 Å². The minimum atomic E-state index is -0.167. The third-order valence-electron chi connectivity index (χ3n) is 5.25. The number of carbonyl (C=O) groups excluding carboxylic acids is 1. The number of fused-ring (bicyclic) bond motifs is 1. The first-order chi connectivity index (χ1) is 12.7. The average Bonchev–Trinajstić information content (AvgIpc) is 3.43. The van der Waals surface area contributed by atoms with E-state index in [0.717, 1.165) is 30.3 Å². The van der Waals surface area contributed by atoms with Crippen LogP contribution in [0.2, 0.25) is 0 Å². The molecule has 1 saturated carbocycles. The van der Waals surface area contributed by atoms with Gasteiger partial charge in [-0.15, -0.1) is 0 Å². The second-order valence-corrected chi connectivity index (χ2v) is 7.17. The fraction of sp³-hybridized carbons (Fsp3) is 0.261. The first-order valence-corrected chi connectivity index (χ1v) is 9.22. The number of nitrogens with one attached hydrogen (secondary N) is 2. The van der Waals surface area contributed by atoms with Gasteiger partial charge in [0.15, 0.2) is 0 Å². The summed E-state index contributed by atoms with van der Waals surface area (Å²) < 4.78 is 0. The van der Waals surface area contributed by atoms with Gasteiger partial charge in [-0.2, -0.15) is 0 Å². The summed E-state index contributed by atoms with van der Waals surface area (Å²) in [5, 5.41) is 8.79. The van der Waals surface area contributed by atoms with E-state index in [9.17, 15) is 4.79 Å². The molecule has 4 rings (SSSR count). The molecular weight excluding hydrogens is 320 g/mol. The van der Waals surface area contributed by atoms with Crippen molar-refractivity contribution in [2.24, 2.45) is 0 Å². The molecule has 1 fully saturated rings. The third-order valence-corrected chi connectivity index (χ3v) is 5.25. The van der Waals surface area contributed by atoms with Crippen molar-refractivity contribution in [1.82, 2.24) is 10.6 Å². The lowest BCUT2D eigenvalue weighted by Gasteiger charge is -2.19. The lowest BCUT2D eigenvalue weighted by atomic mass is 10.00. The van der Waals surface area contributed by atoms with E-state index in [1.54, 1.807) is 0 Å². The highest BCUT2D eigenvalue weighted by Gasteiger charge is 2.45. The second kappa shape index (κ2) is 6.93. The first kappa shape index (κ1) is 16.8. The Balaban J connectivity index is 1.49. The minimum Gasteiger partial charge on any atom is -0.346 e. The van der Waals surface area contributed by atoms with Crippen LogP contribution in [-0.2, 0) is 23.3 Å². The zero-order valence-electron chi connectivity index (χ0n) is 15.1. The van der Waals surface area contributed by atoms with E-state index in [1.165, 1.54) is 16.5 Å². The van der Waals surface area contributed by atoms with Crippen molar-refractivity contribution in [1.29, 1.82) is 0 Å². The van der Waals surface area contributed by atoms with Crippen LogP contribution in [0.1, 0.15) is 29.5 Å². The number of amides is 1. The van der Waals surface area contributed by atoms with Gasteiger partial charge in [-0.1, -0.05) is 66.7 Å². The van der Waals surface area contributed by atoms with Gasteiger partial charge in [-0.05, 0) is 47.4 Å². The summed E-state index contributed by atoms with van der Waals surface area (Å²) in [7, 11) is 1.95. The van der Waals surface area contributed by atoms with E-state index in [-0.39, 0.29) is 11.4 Å². The fourth-order valence-corrected chi connectivity index (χ4v) is 3.69. The van der Waals surface area contributed by atoms with E-state index in [1.807, 2.05) is 31.3 Å². The van der Waals surface area contributed by atoms with Gasteiger partial charge < -0.3 is 10.6 Å². The van der Waals surface area contributed by atoms with Gasteiger partial charge in [0.1, 0.15) is 0 Å². The Bertz CT molecular complexity index is 921. The zero-order valence-corrected chi connectivity index (χ0v) is 15.1. The Morgan fingerprint density at radius 2 is 1.69 bits per heavy atom. The maximum Gasteiger partial charge on any atom is 0.225 e. The molecule has 3 aromatic carbocycles. The molecule has 0 aliphatic heterocycles. The Morgan fingerprint density at radius 3 is 2.42 bits per heavy atom. The molecule has 2 N–H and O–H groups in total. The lowest BCUT2D eigenvalue weighted by Crippen LogP contribution is -2.35. The third kappa shape index (κ3) is 3.35. The summed E-state index contributed by atoms with van der Waals surface area (Å²) in [6.07, 6.45) is 2.44. The molecule has 0 heterocycles. The normalized spacial score (nSPS) is 15.0. The van der Waals surface area contributed by atoms with Crippen molar-refractivity contribution in [2.75, 3.05) is 7.05 Å². The van der Waals surface area contributed by atoms with Crippen molar-refractivity contribution >= 4 is 16.7 Å². The molecule has 0 radical (unpaired) electrons. The van der Waals surface area contributed by atoms with Gasteiger partial charge in [-0.25, -0.2) is 0 Å². The maximum atomic E-state index is 12.7. The number of benzene rings is 3. The van der Waals surface area contributed by atoms with Gasteiger partial charge >= 0.3 is 0 Å². The van der Waals surface area contributed by atoms with Crippen LogP contribution in [0.15, 0.2) is 66.7 Å². The summed E-state index contributed by atoms with van der Waals surface area (Å²) in [5.74, 6) is 0.0955. The molecule has 0 saturated heterocycles. The van der Waals surface area contributed by atoms with Crippen LogP contribution in [0.5, 0.6) is 0 Å². The molecule has 1 aliphatic rings. The van der Waals surface area contributed by atoms with Crippen molar-refractivity contribution < 1.29 is 4.79 Å². The first-order valence-electron chi connectivity index (χ1n) is 9.22. The Morgan fingerprint density at radius 1 is 0.962 bits per heavy atom. The fourth-order valence-electron chi connectivity index (χ4n) is 3.69. The second-order valence-electron chi connectivity index (χ2n) is 7.17. The minimum absolute atomic E-state index is 0.0955. The van der Waals surface area contributed by atoms with E-state index < -0.39 is 0 Å². The van der Waals surface area contributed by atoms with Crippen molar-refractivity contribution in [3.63, 3.8) is 0 Å². The lowest BCUT2D eigenvalue weighted by molar-refractivity contribution is -0.121. The molecule has 26 heavy (non-hydrogen) atoms. The number of rotatable bonds is 6. The quantitative estimate of drug-likeness (QED) is 0.712. The van der Waals surface area contributed by atoms with Crippen LogP contribution >= 0.6 is 0 Å². The van der Waals surface area contributed by atoms with Crippen LogP contribution < -0.4 is 10.6 Å². The van der Waals surface area contributed by atoms with Crippen LogP contribution in [0.3, 0.4) is 0 Å². The van der Waals surface area contributed by atoms with Gasteiger partial charge in [0.25, 0.3) is 0 Å². The molecule has 0 spiro atoms. The summed E-state index contributed by atoms with van der Waals surface area (Å²) >= 11 is 0. The molecule has 1 amide bonds. The van der Waals surface area contributed by atoms with E-state index in [2.05, 4.69) is 53.1 Å². The highest BCUT2D eigenvalue weighted by atomic mass is 16.1. The summed E-state index contributed by atoms with van der Waals surface area (Å²) in [6.45, 7) is 0.862. The predicted molar refractivity (Wildman–Crippen MR) is 106 cm³/mol. The smallest absolute Gasteiger partial charge is 0.225 e. The Hall–Kier alpha value is -2.65. The van der Waals surface area contributed by atoms with Crippen LogP contribution in [0.4, 0.5) is 0 Å². The zero-order chi connectivity index (χ0) is 18.0. The standard InChI is InChI=1S/C23H24N2O/c1-24-16-17-9-11-20(12-10-17)23(13-14-23)25-22(26)15-19-7-4-6-18-5-2-3-8-21(18)19/h2-12,24H,13-16H2,1H3,(H,25,26). The Kier molecular flexibility index (Phi) is 4.48. The SMILES string of the molecule is CNCc1ccc(C2(NC(=O)Cc3cccc4ccccc34)CC2)cc1. The summed E-state index contributed by atoms with van der Waals surface area (Å²) in [6, 6.07) is 23.0. The number of hydrogen-bond acceptors (Lipinski definition) is 2. The van der Waals surface area contributed by atoms with E-state index in [4.69, 9.17) is 0 Å². The van der Waals surface area contributed by atoms with E-state index in [0.29, 0.717) is 6.42 Å². The van der Waals surface area contributed by atoms with Gasteiger partial charge in [0.05, 0.1) is 12.0 Å². The highest BCUT2D eigenvalue weighted by molar-refractivity contribution is 5.90. The molecule has 0 atom stereocenters. The average molecular weight is 344 g/mol. The van der Waals surface area contributed by atoms with Crippen molar-refractivity contribution in [3.05, 3.63) is 83.4 Å². The number of hydrogen-bond donors (Lipinski definition) is 2. The molecule has 0 bridgehead atoms. The van der Waals surface area contributed by atoms with Gasteiger partial charge in [0, 0.05) is 6.54 Å². The Labute approximate surface area is 154 Å². The molecule has 132 valence electrons. The largest absolute Gasteiger partial charge is 0.346 e. The van der Waals surface area contributed by atoms with Gasteiger partial charge in [-0.3, -0.25) is 4.79 Å². The molecule has 3 heteroatoms. The summed E-state index contributed by atoms with van der Waals surface area (Å²) in [5.41, 5.74) is 3.39. The maximum absolute atomic E-state index is 12.7. The van der Waals surface area contributed by atoms with E-state index >= 15 is 0 Å².